The number of rotatable bonds is 6. The van der Waals surface area contributed by atoms with Crippen LogP contribution in [0.5, 0.6) is 0 Å². The van der Waals surface area contributed by atoms with Crippen LogP contribution in [0.2, 0.25) is 0 Å². The molecule has 0 aliphatic heterocycles. The number of hydrogen-bond donors (Lipinski definition) is 2. The third-order valence-electron chi connectivity index (χ3n) is 5.14. The number of carbonyl (C=O) groups is 1. The summed E-state index contributed by atoms with van der Waals surface area (Å²) in [4.78, 5) is 14.5. The molecule has 0 spiro atoms. The van der Waals surface area contributed by atoms with Gasteiger partial charge in [0.05, 0.1) is 5.54 Å². The van der Waals surface area contributed by atoms with Crippen molar-refractivity contribution >= 4 is 5.91 Å². The summed E-state index contributed by atoms with van der Waals surface area (Å²) in [7, 11) is 2.23. The topological polar surface area (TPSA) is 58.4 Å². The summed E-state index contributed by atoms with van der Waals surface area (Å²) >= 11 is 0. The standard InChI is InChI=1S/C15H29N3O/c1-3-10-17-15(14(16)19)9-5-8-13(11-15)18(2)12-6-4-7-12/h12-13,17H,3-11H2,1-2H3,(H2,16,19). The maximum absolute atomic E-state index is 11.9. The highest BCUT2D eigenvalue weighted by Gasteiger charge is 2.43. The van der Waals surface area contributed by atoms with Crippen molar-refractivity contribution in [2.24, 2.45) is 5.73 Å². The predicted molar refractivity (Wildman–Crippen MR) is 77.9 cm³/mol. The Bertz CT molecular complexity index is 317. The Morgan fingerprint density at radius 1 is 1.32 bits per heavy atom. The highest BCUT2D eigenvalue weighted by Crippen LogP contribution is 2.34. The largest absolute Gasteiger partial charge is 0.368 e. The summed E-state index contributed by atoms with van der Waals surface area (Å²) in [5.74, 6) is -0.160. The number of carbonyl (C=O) groups excluding carboxylic acids is 1. The van der Waals surface area contributed by atoms with Crippen LogP contribution in [0.3, 0.4) is 0 Å². The first kappa shape index (κ1) is 14.8. The van der Waals surface area contributed by atoms with Crippen LogP contribution in [-0.2, 0) is 4.79 Å². The van der Waals surface area contributed by atoms with E-state index in [0.29, 0.717) is 6.04 Å². The Kier molecular flexibility index (Phi) is 4.85. The fourth-order valence-electron chi connectivity index (χ4n) is 3.52. The average molecular weight is 267 g/mol. The molecule has 1 amide bonds. The molecule has 2 aliphatic rings. The minimum absolute atomic E-state index is 0.160. The third kappa shape index (κ3) is 3.11. The number of amides is 1. The second-order valence-electron chi connectivity index (χ2n) is 6.37. The molecule has 3 N–H and O–H groups in total. The number of hydrogen-bond acceptors (Lipinski definition) is 3. The van der Waals surface area contributed by atoms with Crippen molar-refractivity contribution in [2.45, 2.75) is 75.9 Å². The van der Waals surface area contributed by atoms with E-state index in [2.05, 4.69) is 24.2 Å². The molecule has 2 unspecified atom stereocenters. The van der Waals surface area contributed by atoms with E-state index < -0.39 is 5.54 Å². The molecule has 19 heavy (non-hydrogen) atoms. The quantitative estimate of drug-likeness (QED) is 0.769. The lowest BCUT2D eigenvalue weighted by Crippen LogP contribution is -2.61. The van der Waals surface area contributed by atoms with Gasteiger partial charge in [-0.2, -0.15) is 0 Å². The van der Waals surface area contributed by atoms with E-state index in [-0.39, 0.29) is 5.91 Å². The minimum atomic E-state index is -0.461. The Hall–Kier alpha value is -0.610. The zero-order valence-corrected chi connectivity index (χ0v) is 12.5. The fourth-order valence-corrected chi connectivity index (χ4v) is 3.52. The van der Waals surface area contributed by atoms with Crippen molar-refractivity contribution < 1.29 is 4.79 Å². The van der Waals surface area contributed by atoms with Gasteiger partial charge in [-0.15, -0.1) is 0 Å². The first-order chi connectivity index (χ1) is 9.09. The first-order valence-electron chi connectivity index (χ1n) is 7.86. The van der Waals surface area contributed by atoms with E-state index in [1.54, 1.807) is 0 Å². The lowest BCUT2D eigenvalue weighted by Gasteiger charge is -2.46. The van der Waals surface area contributed by atoms with Crippen LogP contribution in [0, 0.1) is 0 Å². The molecule has 0 aromatic heterocycles. The highest BCUT2D eigenvalue weighted by molar-refractivity contribution is 5.84. The van der Waals surface area contributed by atoms with Crippen molar-refractivity contribution in [1.82, 2.24) is 10.2 Å². The molecule has 0 radical (unpaired) electrons. The van der Waals surface area contributed by atoms with Gasteiger partial charge in [-0.05, 0) is 58.5 Å². The third-order valence-corrected chi connectivity index (χ3v) is 5.14. The zero-order valence-electron chi connectivity index (χ0n) is 12.5. The molecular weight excluding hydrogens is 238 g/mol. The summed E-state index contributed by atoms with van der Waals surface area (Å²) in [6.07, 6.45) is 9.12. The van der Waals surface area contributed by atoms with Crippen LogP contribution in [0.1, 0.15) is 58.3 Å². The van der Waals surface area contributed by atoms with E-state index >= 15 is 0 Å². The van der Waals surface area contributed by atoms with Gasteiger partial charge < -0.3 is 16.0 Å². The fraction of sp³-hybridized carbons (Fsp3) is 0.933. The van der Waals surface area contributed by atoms with Gasteiger partial charge in [0.15, 0.2) is 0 Å². The van der Waals surface area contributed by atoms with Crippen LogP contribution in [0.4, 0.5) is 0 Å². The summed E-state index contributed by atoms with van der Waals surface area (Å²) < 4.78 is 0. The van der Waals surface area contributed by atoms with E-state index in [1.807, 2.05) is 0 Å². The van der Waals surface area contributed by atoms with Crippen LogP contribution in [0.25, 0.3) is 0 Å². The number of nitrogens with one attached hydrogen (secondary N) is 1. The van der Waals surface area contributed by atoms with Crippen molar-refractivity contribution in [3.8, 4) is 0 Å². The smallest absolute Gasteiger partial charge is 0.237 e. The van der Waals surface area contributed by atoms with Crippen LogP contribution >= 0.6 is 0 Å². The normalized spacial score (nSPS) is 32.3. The summed E-state index contributed by atoms with van der Waals surface area (Å²) in [6.45, 7) is 3.01. The molecule has 0 aromatic rings. The predicted octanol–water partition coefficient (Wildman–Crippen LogP) is 1.64. The van der Waals surface area contributed by atoms with Gasteiger partial charge in [-0.25, -0.2) is 0 Å². The molecule has 4 nitrogen and oxygen atoms in total. The van der Waals surface area contributed by atoms with E-state index in [9.17, 15) is 4.79 Å². The Labute approximate surface area is 117 Å². The molecule has 2 fully saturated rings. The van der Waals surface area contributed by atoms with Crippen LogP contribution < -0.4 is 11.1 Å². The van der Waals surface area contributed by atoms with Gasteiger partial charge in [-0.3, -0.25) is 4.79 Å². The Morgan fingerprint density at radius 2 is 2.00 bits per heavy atom. The van der Waals surface area contributed by atoms with Gasteiger partial charge in [0.25, 0.3) is 0 Å². The molecule has 0 bridgehead atoms. The molecule has 0 saturated heterocycles. The molecule has 4 heteroatoms. The van der Waals surface area contributed by atoms with Crippen molar-refractivity contribution in [1.29, 1.82) is 0 Å². The summed E-state index contributed by atoms with van der Waals surface area (Å²) in [5.41, 5.74) is 5.25. The Balaban J connectivity index is 2.01. The molecule has 2 saturated carbocycles. The Morgan fingerprint density at radius 3 is 2.53 bits per heavy atom. The SMILES string of the molecule is CCCNC1(C(N)=O)CCCC(N(C)C2CCC2)C1. The molecule has 0 aromatic carbocycles. The second kappa shape index (κ2) is 6.23. The van der Waals surface area contributed by atoms with E-state index in [1.165, 1.54) is 25.7 Å². The molecule has 110 valence electrons. The number of nitrogens with two attached hydrogens (primary N) is 1. The van der Waals surface area contributed by atoms with Crippen molar-refractivity contribution in [3.63, 3.8) is 0 Å². The van der Waals surface area contributed by atoms with Crippen molar-refractivity contribution in [3.05, 3.63) is 0 Å². The second-order valence-corrected chi connectivity index (χ2v) is 6.37. The van der Waals surface area contributed by atoms with E-state index in [0.717, 1.165) is 38.3 Å². The van der Waals surface area contributed by atoms with Crippen LogP contribution in [0.15, 0.2) is 0 Å². The first-order valence-corrected chi connectivity index (χ1v) is 7.86. The molecule has 0 heterocycles. The lowest BCUT2D eigenvalue weighted by molar-refractivity contribution is -0.127. The van der Waals surface area contributed by atoms with E-state index in [4.69, 9.17) is 5.73 Å². The maximum Gasteiger partial charge on any atom is 0.237 e. The maximum atomic E-state index is 11.9. The number of primary amides is 1. The zero-order chi connectivity index (χ0) is 13.9. The van der Waals surface area contributed by atoms with Gasteiger partial charge >= 0.3 is 0 Å². The van der Waals surface area contributed by atoms with Gasteiger partial charge in [-0.1, -0.05) is 13.3 Å². The molecule has 2 rings (SSSR count). The average Bonchev–Trinajstić information content (AvgIpc) is 2.34. The van der Waals surface area contributed by atoms with Gasteiger partial charge in [0.1, 0.15) is 0 Å². The monoisotopic (exact) mass is 267 g/mol. The molecule has 2 aliphatic carbocycles. The molecular formula is C15H29N3O. The van der Waals surface area contributed by atoms with Crippen molar-refractivity contribution in [2.75, 3.05) is 13.6 Å². The molecule has 2 atom stereocenters. The van der Waals surface area contributed by atoms with Gasteiger partial charge in [0, 0.05) is 12.1 Å². The summed E-state index contributed by atoms with van der Waals surface area (Å²) in [5, 5.41) is 3.44. The minimum Gasteiger partial charge on any atom is -0.368 e. The van der Waals surface area contributed by atoms with Crippen LogP contribution in [-0.4, -0.2) is 42.0 Å². The summed E-state index contributed by atoms with van der Waals surface area (Å²) in [6, 6.07) is 1.25. The highest BCUT2D eigenvalue weighted by atomic mass is 16.1. The number of nitrogens with zero attached hydrogens (tertiary/aromatic N) is 1. The lowest BCUT2D eigenvalue weighted by atomic mass is 9.76. The van der Waals surface area contributed by atoms with Gasteiger partial charge in [0.2, 0.25) is 5.91 Å².